The average molecular weight is 218 g/mol. The molecular weight excluding hydrogens is 204 g/mol. The molecule has 1 saturated heterocycles. The van der Waals surface area contributed by atoms with Crippen LogP contribution in [0.3, 0.4) is 0 Å². The molecule has 4 nitrogen and oxygen atoms in total. The smallest absolute Gasteiger partial charge is 0.241 e. The SMILES string of the molecule is CN1CCN(c2ccccc2C=O)CC1=O. The van der Waals surface area contributed by atoms with Crippen LogP contribution in [0.15, 0.2) is 24.3 Å². The molecule has 1 heterocycles. The van der Waals surface area contributed by atoms with E-state index < -0.39 is 0 Å². The van der Waals surface area contributed by atoms with Crippen LogP contribution in [0.2, 0.25) is 0 Å². The normalized spacial score (nSPS) is 16.4. The lowest BCUT2D eigenvalue weighted by molar-refractivity contribution is -0.129. The number of anilines is 1. The van der Waals surface area contributed by atoms with Crippen LogP contribution in [-0.2, 0) is 4.79 Å². The lowest BCUT2D eigenvalue weighted by Crippen LogP contribution is -2.48. The average Bonchev–Trinajstić information content (AvgIpc) is 2.32. The topological polar surface area (TPSA) is 40.6 Å². The van der Waals surface area contributed by atoms with Crippen molar-refractivity contribution < 1.29 is 9.59 Å². The van der Waals surface area contributed by atoms with Gasteiger partial charge in [0.15, 0.2) is 6.29 Å². The number of hydrogen-bond donors (Lipinski definition) is 0. The summed E-state index contributed by atoms with van der Waals surface area (Å²) in [5, 5.41) is 0. The van der Waals surface area contributed by atoms with E-state index in [-0.39, 0.29) is 5.91 Å². The monoisotopic (exact) mass is 218 g/mol. The van der Waals surface area contributed by atoms with E-state index in [2.05, 4.69) is 0 Å². The van der Waals surface area contributed by atoms with Gasteiger partial charge in [0.1, 0.15) is 0 Å². The van der Waals surface area contributed by atoms with Crippen molar-refractivity contribution in [2.75, 3.05) is 31.6 Å². The lowest BCUT2D eigenvalue weighted by Gasteiger charge is -2.34. The maximum atomic E-state index is 11.6. The highest BCUT2D eigenvalue weighted by Gasteiger charge is 2.22. The van der Waals surface area contributed by atoms with Crippen molar-refractivity contribution in [2.24, 2.45) is 0 Å². The molecule has 1 aliphatic heterocycles. The summed E-state index contributed by atoms with van der Waals surface area (Å²) in [6, 6.07) is 7.35. The maximum Gasteiger partial charge on any atom is 0.241 e. The number of rotatable bonds is 2. The van der Waals surface area contributed by atoms with Gasteiger partial charge in [-0.3, -0.25) is 9.59 Å². The molecule has 1 aromatic carbocycles. The van der Waals surface area contributed by atoms with Gasteiger partial charge >= 0.3 is 0 Å². The molecular formula is C12H14N2O2. The van der Waals surface area contributed by atoms with Crippen molar-refractivity contribution >= 4 is 17.9 Å². The van der Waals surface area contributed by atoms with Gasteiger partial charge in [-0.2, -0.15) is 0 Å². The van der Waals surface area contributed by atoms with Gasteiger partial charge in [-0.15, -0.1) is 0 Å². The molecule has 0 spiro atoms. The standard InChI is InChI=1S/C12H14N2O2/c1-13-6-7-14(8-12(13)16)11-5-3-2-4-10(11)9-15/h2-5,9H,6-8H2,1H3. The fourth-order valence-corrected chi connectivity index (χ4v) is 1.84. The zero-order valence-corrected chi connectivity index (χ0v) is 9.22. The number of benzene rings is 1. The van der Waals surface area contributed by atoms with Gasteiger partial charge in [0, 0.05) is 31.4 Å². The Morgan fingerprint density at radius 3 is 2.69 bits per heavy atom. The number of likely N-dealkylation sites (N-methyl/N-ethyl adjacent to an activating group) is 1. The summed E-state index contributed by atoms with van der Waals surface area (Å²) in [5.41, 5.74) is 1.49. The van der Waals surface area contributed by atoms with Crippen LogP contribution < -0.4 is 4.90 Å². The van der Waals surface area contributed by atoms with E-state index in [0.717, 1.165) is 18.5 Å². The molecule has 84 valence electrons. The molecule has 0 N–H and O–H groups in total. The number of nitrogens with zero attached hydrogens (tertiary/aromatic N) is 2. The number of aldehydes is 1. The molecule has 1 aliphatic rings. The van der Waals surface area contributed by atoms with Gasteiger partial charge in [0.2, 0.25) is 5.91 Å². The molecule has 0 radical (unpaired) electrons. The van der Waals surface area contributed by atoms with Gasteiger partial charge in [0.25, 0.3) is 0 Å². The second kappa shape index (κ2) is 4.35. The zero-order valence-electron chi connectivity index (χ0n) is 9.22. The predicted molar refractivity (Wildman–Crippen MR) is 61.7 cm³/mol. The van der Waals surface area contributed by atoms with Crippen LogP contribution >= 0.6 is 0 Å². The summed E-state index contributed by atoms with van der Waals surface area (Å²) in [4.78, 5) is 26.1. The minimum absolute atomic E-state index is 0.0898. The minimum Gasteiger partial charge on any atom is -0.360 e. The third-order valence-electron chi connectivity index (χ3n) is 2.86. The molecule has 0 atom stereocenters. The van der Waals surface area contributed by atoms with E-state index in [1.807, 2.05) is 23.1 Å². The van der Waals surface area contributed by atoms with Gasteiger partial charge in [0.05, 0.1) is 6.54 Å². The van der Waals surface area contributed by atoms with Crippen molar-refractivity contribution in [3.05, 3.63) is 29.8 Å². The Hall–Kier alpha value is -1.84. The highest BCUT2D eigenvalue weighted by atomic mass is 16.2. The summed E-state index contributed by atoms with van der Waals surface area (Å²) in [5.74, 6) is 0.0898. The van der Waals surface area contributed by atoms with E-state index in [0.29, 0.717) is 18.7 Å². The Bertz CT molecular complexity index is 417. The molecule has 1 amide bonds. The van der Waals surface area contributed by atoms with Crippen molar-refractivity contribution in [3.63, 3.8) is 0 Å². The van der Waals surface area contributed by atoms with Gasteiger partial charge in [-0.25, -0.2) is 0 Å². The lowest BCUT2D eigenvalue weighted by atomic mass is 10.1. The van der Waals surface area contributed by atoms with E-state index in [1.54, 1.807) is 18.0 Å². The molecule has 4 heteroatoms. The summed E-state index contributed by atoms with van der Waals surface area (Å²) < 4.78 is 0. The van der Waals surface area contributed by atoms with Gasteiger partial charge in [-0.1, -0.05) is 12.1 Å². The number of piperazine rings is 1. The van der Waals surface area contributed by atoms with Crippen molar-refractivity contribution in [1.82, 2.24) is 4.90 Å². The van der Waals surface area contributed by atoms with Crippen molar-refractivity contribution in [3.8, 4) is 0 Å². The summed E-state index contributed by atoms with van der Waals surface area (Å²) in [6.07, 6.45) is 0.831. The van der Waals surface area contributed by atoms with E-state index in [4.69, 9.17) is 0 Å². The van der Waals surface area contributed by atoms with Crippen LogP contribution in [-0.4, -0.2) is 43.8 Å². The molecule has 0 aromatic heterocycles. The first-order valence-corrected chi connectivity index (χ1v) is 5.25. The maximum absolute atomic E-state index is 11.6. The number of hydrogen-bond acceptors (Lipinski definition) is 3. The Labute approximate surface area is 94.5 Å². The largest absolute Gasteiger partial charge is 0.360 e. The van der Waals surface area contributed by atoms with E-state index in [1.165, 1.54) is 0 Å². The zero-order chi connectivity index (χ0) is 11.5. The van der Waals surface area contributed by atoms with Crippen LogP contribution in [0.25, 0.3) is 0 Å². The quantitative estimate of drug-likeness (QED) is 0.689. The fourth-order valence-electron chi connectivity index (χ4n) is 1.84. The third kappa shape index (κ3) is 1.91. The molecule has 1 fully saturated rings. The number of carbonyl (C=O) groups is 2. The first-order chi connectivity index (χ1) is 7.72. The second-order valence-corrected chi connectivity index (χ2v) is 3.91. The van der Waals surface area contributed by atoms with E-state index >= 15 is 0 Å². The van der Waals surface area contributed by atoms with E-state index in [9.17, 15) is 9.59 Å². The highest BCUT2D eigenvalue weighted by molar-refractivity contribution is 5.88. The predicted octanol–water partition coefficient (Wildman–Crippen LogP) is 0.778. The Kier molecular flexibility index (Phi) is 2.90. The van der Waals surface area contributed by atoms with Gasteiger partial charge in [-0.05, 0) is 12.1 Å². The van der Waals surface area contributed by atoms with Crippen LogP contribution in [0, 0.1) is 0 Å². The van der Waals surface area contributed by atoms with Gasteiger partial charge < -0.3 is 9.80 Å². The molecule has 1 aromatic rings. The van der Waals surface area contributed by atoms with Crippen LogP contribution in [0.4, 0.5) is 5.69 Å². The minimum atomic E-state index is 0.0898. The van der Waals surface area contributed by atoms with Crippen molar-refractivity contribution in [1.29, 1.82) is 0 Å². The molecule has 0 aliphatic carbocycles. The number of carbonyl (C=O) groups excluding carboxylic acids is 2. The first kappa shape index (κ1) is 10.7. The third-order valence-corrected chi connectivity index (χ3v) is 2.86. The Balaban J connectivity index is 2.24. The molecule has 16 heavy (non-hydrogen) atoms. The number of amides is 1. The molecule has 0 bridgehead atoms. The molecule has 0 unspecified atom stereocenters. The molecule has 2 rings (SSSR count). The Morgan fingerprint density at radius 2 is 2.00 bits per heavy atom. The van der Waals surface area contributed by atoms with Crippen LogP contribution in [0.1, 0.15) is 10.4 Å². The highest BCUT2D eigenvalue weighted by Crippen LogP contribution is 2.20. The summed E-state index contributed by atoms with van der Waals surface area (Å²) >= 11 is 0. The molecule has 0 saturated carbocycles. The Morgan fingerprint density at radius 1 is 1.25 bits per heavy atom. The summed E-state index contributed by atoms with van der Waals surface area (Å²) in [6.45, 7) is 1.82. The second-order valence-electron chi connectivity index (χ2n) is 3.91. The fraction of sp³-hybridized carbons (Fsp3) is 0.333. The van der Waals surface area contributed by atoms with Crippen LogP contribution in [0.5, 0.6) is 0 Å². The number of para-hydroxylation sites is 1. The van der Waals surface area contributed by atoms with Crippen molar-refractivity contribution in [2.45, 2.75) is 0 Å². The first-order valence-electron chi connectivity index (χ1n) is 5.25. The summed E-state index contributed by atoms with van der Waals surface area (Å²) in [7, 11) is 1.80.